The van der Waals surface area contributed by atoms with Gasteiger partial charge in [0.05, 0.1) is 35.6 Å². The number of ketones is 1. The number of primary amides is 1. The van der Waals surface area contributed by atoms with Crippen LogP contribution in [0.2, 0.25) is 0 Å². The number of hydrogen-bond donors (Lipinski definition) is 6. The molecule has 1 aromatic carbocycles. The van der Waals surface area contributed by atoms with Gasteiger partial charge in [0.25, 0.3) is 5.91 Å². The lowest BCUT2D eigenvalue weighted by Gasteiger charge is -2.52. The quantitative estimate of drug-likeness (QED) is 0.255. The largest absolute Gasteiger partial charge is 0.510 e. The van der Waals surface area contributed by atoms with Crippen LogP contribution in [0.4, 0.5) is 0 Å². The van der Waals surface area contributed by atoms with Gasteiger partial charge in [-0.1, -0.05) is 11.6 Å². The fraction of sp³-hybridized carbons (Fsp3) is 0.471. The summed E-state index contributed by atoms with van der Waals surface area (Å²) in [5, 5.41) is 46.4. The molecule has 236 valence electrons. The monoisotopic (exact) mass is 605 g/mol. The van der Waals surface area contributed by atoms with Gasteiger partial charge in [0.15, 0.2) is 5.78 Å². The number of carbonyl (C=O) groups is 2. The Kier molecular flexibility index (Phi) is 7.85. The molecule has 3 aliphatic rings. The second kappa shape index (κ2) is 10.9. The summed E-state index contributed by atoms with van der Waals surface area (Å²) in [5.41, 5.74) is 13.1. The minimum Gasteiger partial charge on any atom is -0.510 e. The van der Waals surface area contributed by atoms with E-state index in [0.29, 0.717) is 30.4 Å². The average molecular weight is 606 g/mol. The fourth-order valence-electron chi connectivity index (χ4n) is 8.06. The molecule has 3 aliphatic carbocycles. The first-order valence-electron chi connectivity index (χ1n) is 14.9. The molecule has 5 rings (SSSR count). The van der Waals surface area contributed by atoms with Crippen molar-refractivity contribution in [2.45, 2.75) is 70.6 Å². The van der Waals surface area contributed by atoms with Crippen molar-refractivity contribution < 1.29 is 34.4 Å². The maximum atomic E-state index is 14.4. The highest BCUT2D eigenvalue weighted by molar-refractivity contribution is 6.08. The van der Waals surface area contributed by atoms with Gasteiger partial charge in [-0.15, -0.1) is 0 Å². The molecule has 6 atom stereocenters. The molecule has 0 radical (unpaired) electrons. The van der Waals surface area contributed by atoms with E-state index in [9.17, 15) is 30.0 Å². The number of Topliss-reactive ketones (excluding diaryl/α,β-unsaturated/α-hetero) is 1. The number of amides is 1. The number of rotatable bonds is 7. The number of aliphatic hydroxyl groups is 3. The molecule has 1 amide bonds. The molecule has 10 nitrogen and oxygen atoms in total. The molecule has 1 aromatic heterocycles. The lowest BCUT2D eigenvalue weighted by Crippen LogP contribution is -2.61. The molecule has 44 heavy (non-hydrogen) atoms. The van der Waals surface area contributed by atoms with Gasteiger partial charge >= 0.3 is 0 Å². The van der Waals surface area contributed by atoms with E-state index in [4.69, 9.17) is 15.9 Å². The number of nitrogens with two attached hydrogens (primary N) is 2. The van der Waals surface area contributed by atoms with Crippen LogP contribution >= 0.6 is 0 Å². The molecule has 0 saturated heterocycles. The number of fused-ring (bicyclic) bond motifs is 3. The Labute approximate surface area is 257 Å². The van der Waals surface area contributed by atoms with Crippen molar-refractivity contribution in [2.24, 2.45) is 29.2 Å². The van der Waals surface area contributed by atoms with Crippen molar-refractivity contribution in [1.29, 1.82) is 0 Å². The number of furan rings is 1. The summed E-state index contributed by atoms with van der Waals surface area (Å²) in [6, 6.07) is 2.92. The number of benzene rings is 1. The van der Waals surface area contributed by atoms with Gasteiger partial charge in [-0.3, -0.25) is 14.5 Å². The Bertz CT molecular complexity index is 1610. The molecule has 10 heteroatoms. The minimum atomic E-state index is -2.08. The zero-order valence-corrected chi connectivity index (χ0v) is 26.1. The Morgan fingerprint density at radius 1 is 1.27 bits per heavy atom. The molecule has 5 unspecified atom stereocenters. The lowest BCUT2D eigenvalue weighted by molar-refractivity contribution is -0.139. The third kappa shape index (κ3) is 4.95. The van der Waals surface area contributed by atoms with Gasteiger partial charge in [0.1, 0.15) is 22.9 Å². The number of nitrogens with zero attached hydrogens (tertiary/aromatic N) is 1. The standard InChI is InChI=1S/C34H43N3O7/c1-7-16(2)13-33(3,36)14-19-12-20(17-8-9-44-15-17)21-10-18-11-22-25(30(40)23(18)29(39)24(21)28(19)38)34(4,43)26(32(35)42)31(41)27(22)37(5)6/h7-9,12,15,18,22,25,27,38-39,41,43H,10-11,13-14,36H2,1-6H3,(H2,35,42)/b16-7-/t18?,22?,25?,27-,33?,34?/m0/s1. The average Bonchev–Trinajstić information content (AvgIpc) is 3.43. The van der Waals surface area contributed by atoms with Crippen LogP contribution < -0.4 is 11.5 Å². The highest BCUT2D eigenvalue weighted by Crippen LogP contribution is 2.55. The Hall–Kier alpha value is -3.86. The first-order chi connectivity index (χ1) is 20.5. The van der Waals surface area contributed by atoms with Crippen LogP contribution in [0.1, 0.15) is 57.2 Å². The maximum Gasteiger partial charge on any atom is 0.251 e. The van der Waals surface area contributed by atoms with Crippen LogP contribution in [0, 0.1) is 17.8 Å². The smallest absolute Gasteiger partial charge is 0.251 e. The number of phenols is 1. The Morgan fingerprint density at radius 2 is 1.95 bits per heavy atom. The van der Waals surface area contributed by atoms with Crippen molar-refractivity contribution >= 4 is 17.4 Å². The molecule has 1 fully saturated rings. The predicted molar refractivity (Wildman–Crippen MR) is 166 cm³/mol. The molecular formula is C34H43N3O7. The van der Waals surface area contributed by atoms with E-state index in [2.05, 4.69) is 0 Å². The van der Waals surface area contributed by atoms with E-state index in [-0.39, 0.29) is 34.8 Å². The zero-order valence-electron chi connectivity index (χ0n) is 26.1. The van der Waals surface area contributed by atoms with Gasteiger partial charge in [0, 0.05) is 16.7 Å². The fourth-order valence-corrected chi connectivity index (χ4v) is 8.06. The molecule has 0 spiro atoms. The zero-order chi connectivity index (χ0) is 32.5. The highest BCUT2D eigenvalue weighted by atomic mass is 16.3. The summed E-state index contributed by atoms with van der Waals surface area (Å²) in [5.74, 6) is -4.67. The Balaban J connectivity index is 1.71. The second-order valence-corrected chi connectivity index (χ2v) is 13.5. The topological polar surface area (TPSA) is 183 Å². The third-order valence-corrected chi connectivity index (χ3v) is 9.83. The molecular weight excluding hydrogens is 562 g/mol. The predicted octanol–water partition coefficient (Wildman–Crippen LogP) is 3.91. The maximum absolute atomic E-state index is 14.4. The molecule has 0 aliphatic heterocycles. The summed E-state index contributed by atoms with van der Waals surface area (Å²) in [6.45, 7) is 7.15. The third-order valence-electron chi connectivity index (χ3n) is 9.83. The van der Waals surface area contributed by atoms with E-state index in [0.717, 1.165) is 16.7 Å². The summed E-state index contributed by atoms with van der Waals surface area (Å²) >= 11 is 0. The van der Waals surface area contributed by atoms with Crippen LogP contribution in [0.15, 0.2) is 57.6 Å². The normalized spacial score (nSPS) is 28.5. The number of likely N-dealkylation sites (N-methyl/N-ethyl adjacent to an activating group) is 1. The van der Waals surface area contributed by atoms with Crippen LogP contribution in [0.5, 0.6) is 5.75 Å². The summed E-state index contributed by atoms with van der Waals surface area (Å²) in [7, 11) is 3.44. The van der Waals surface area contributed by atoms with Gasteiger partial charge in [-0.25, -0.2) is 0 Å². The molecule has 1 saturated carbocycles. The van der Waals surface area contributed by atoms with Crippen molar-refractivity contribution in [2.75, 3.05) is 14.1 Å². The van der Waals surface area contributed by atoms with Crippen LogP contribution in [0.25, 0.3) is 16.9 Å². The van der Waals surface area contributed by atoms with E-state index in [1.54, 1.807) is 37.6 Å². The minimum absolute atomic E-state index is 0.0904. The number of carbonyl (C=O) groups excluding carboxylic acids is 2. The highest BCUT2D eigenvalue weighted by Gasteiger charge is 2.60. The number of aromatic hydroxyl groups is 1. The van der Waals surface area contributed by atoms with E-state index in [1.807, 2.05) is 32.9 Å². The molecule has 1 heterocycles. The van der Waals surface area contributed by atoms with Crippen LogP contribution in [0.3, 0.4) is 0 Å². The number of phenolic OH excluding ortho intramolecular Hbond substituents is 1. The van der Waals surface area contributed by atoms with E-state index < -0.39 is 52.2 Å². The second-order valence-electron chi connectivity index (χ2n) is 13.5. The van der Waals surface area contributed by atoms with Crippen molar-refractivity contribution in [1.82, 2.24) is 4.90 Å². The SMILES string of the molecule is C/C=C(/C)CC(C)(N)Cc1cc(-c2ccoc2)c2c(c1O)C(O)=C1C(=O)C3C(CC1C2)[C@H](N(C)C)C(O)=C(C(N)=O)C3(C)O. The number of aliphatic hydroxyl groups excluding tert-OH is 2. The number of hydrogen-bond acceptors (Lipinski definition) is 9. The van der Waals surface area contributed by atoms with Gasteiger partial charge in [0.2, 0.25) is 0 Å². The molecule has 8 N–H and O–H groups in total. The van der Waals surface area contributed by atoms with Gasteiger partial charge in [-0.05, 0) is 108 Å². The van der Waals surface area contributed by atoms with Crippen LogP contribution in [-0.4, -0.2) is 68.3 Å². The van der Waals surface area contributed by atoms with E-state index in [1.165, 1.54) is 6.92 Å². The summed E-state index contributed by atoms with van der Waals surface area (Å²) in [4.78, 5) is 28.6. The summed E-state index contributed by atoms with van der Waals surface area (Å²) in [6.07, 6.45) is 6.64. The van der Waals surface area contributed by atoms with Crippen molar-refractivity contribution in [3.05, 3.63) is 69.9 Å². The Morgan fingerprint density at radius 3 is 2.52 bits per heavy atom. The number of allylic oxidation sites excluding steroid dienone is 2. The molecule has 0 bridgehead atoms. The van der Waals surface area contributed by atoms with Gasteiger partial charge in [-0.2, -0.15) is 0 Å². The first kappa shape index (κ1) is 31.6. The van der Waals surface area contributed by atoms with E-state index >= 15 is 0 Å². The summed E-state index contributed by atoms with van der Waals surface area (Å²) < 4.78 is 5.40. The van der Waals surface area contributed by atoms with Crippen molar-refractivity contribution in [3.63, 3.8) is 0 Å². The van der Waals surface area contributed by atoms with Crippen LogP contribution in [-0.2, 0) is 22.4 Å². The lowest BCUT2D eigenvalue weighted by atomic mass is 9.55. The molecule has 2 aromatic rings. The van der Waals surface area contributed by atoms with Gasteiger partial charge < -0.3 is 36.3 Å². The van der Waals surface area contributed by atoms with Crippen molar-refractivity contribution in [3.8, 4) is 16.9 Å². The first-order valence-corrected chi connectivity index (χ1v) is 14.9.